The lowest BCUT2D eigenvalue weighted by atomic mass is 10.2. The molecule has 0 unspecified atom stereocenters. The van der Waals surface area contributed by atoms with Crippen molar-refractivity contribution in [2.24, 2.45) is 0 Å². The van der Waals surface area contributed by atoms with Crippen LogP contribution in [-0.2, 0) is 4.74 Å². The minimum atomic E-state index is -0.0833. The molecule has 6 nitrogen and oxygen atoms in total. The average Bonchev–Trinajstić information content (AvgIpc) is 2.46. The van der Waals surface area contributed by atoms with Crippen LogP contribution in [0.2, 0.25) is 5.15 Å². The molecule has 0 bridgehead atoms. The summed E-state index contributed by atoms with van der Waals surface area (Å²) in [6.07, 6.45) is 1.38. The third-order valence-electron chi connectivity index (χ3n) is 2.55. The summed E-state index contributed by atoms with van der Waals surface area (Å²) in [4.78, 5) is 8.06. The number of aliphatic hydroxyl groups is 1. The van der Waals surface area contributed by atoms with Gasteiger partial charge < -0.3 is 19.3 Å². The lowest BCUT2D eigenvalue weighted by Gasteiger charge is -2.13. The van der Waals surface area contributed by atoms with Crippen molar-refractivity contribution in [3.05, 3.63) is 23.6 Å². The highest BCUT2D eigenvalue weighted by Gasteiger charge is 2.11. The quantitative estimate of drug-likeness (QED) is 0.619. The number of rotatable bonds is 7. The lowest BCUT2D eigenvalue weighted by molar-refractivity contribution is 0.141. The molecule has 1 aromatic carbocycles. The number of ether oxygens (including phenoxy) is 3. The second-order valence-electron chi connectivity index (χ2n) is 3.89. The minimum Gasteiger partial charge on any atom is -0.487 e. The molecule has 1 heterocycles. The van der Waals surface area contributed by atoms with E-state index < -0.39 is 0 Å². The van der Waals surface area contributed by atoms with E-state index >= 15 is 0 Å². The second-order valence-corrected chi connectivity index (χ2v) is 4.25. The maximum absolute atomic E-state index is 8.86. The molecule has 0 saturated heterocycles. The van der Waals surface area contributed by atoms with Crippen molar-refractivity contribution >= 4 is 22.5 Å². The topological polar surface area (TPSA) is 73.7 Å². The molecular weight excluding hydrogens is 284 g/mol. The number of fused-ring (bicyclic) bond motifs is 1. The number of halogens is 1. The van der Waals surface area contributed by atoms with Crippen molar-refractivity contribution in [1.82, 2.24) is 9.97 Å². The van der Waals surface area contributed by atoms with Crippen LogP contribution in [0.25, 0.3) is 10.9 Å². The molecule has 0 amide bonds. The number of hydrogen-bond donors (Lipinski definition) is 1. The normalized spacial score (nSPS) is 10.8. The van der Waals surface area contributed by atoms with Crippen molar-refractivity contribution in [2.45, 2.75) is 0 Å². The van der Waals surface area contributed by atoms with E-state index in [9.17, 15) is 0 Å². The van der Waals surface area contributed by atoms with Crippen LogP contribution in [0, 0.1) is 0 Å². The van der Waals surface area contributed by atoms with Crippen LogP contribution in [-0.4, -0.2) is 48.6 Å². The molecule has 0 radical (unpaired) electrons. The molecule has 1 N–H and O–H groups in total. The number of aliphatic hydroxyl groups excluding tert-OH is 1. The monoisotopic (exact) mass is 298 g/mol. The van der Waals surface area contributed by atoms with E-state index in [2.05, 4.69) is 9.97 Å². The SMILES string of the molecule is COCCOc1cc2c(Cl)ncnc2cc1OCCO. The van der Waals surface area contributed by atoms with Crippen LogP contribution in [0.15, 0.2) is 18.5 Å². The van der Waals surface area contributed by atoms with E-state index in [4.69, 9.17) is 30.9 Å². The van der Waals surface area contributed by atoms with Crippen molar-refractivity contribution in [2.75, 3.05) is 33.5 Å². The molecule has 0 atom stereocenters. The van der Waals surface area contributed by atoms with Crippen molar-refractivity contribution in [3.8, 4) is 11.5 Å². The van der Waals surface area contributed by atoms with Crippen LogP contribution in [0.4, 0.5) is 0 Å². The van der Waals surface area contributed by atoms with Gasteiger partial charge in [0.25, 0.3) is 0 Å². The summed E-state index contributed by atoms with van der Waals surface area (Å²) in [5.74, 6) is 1.01. The van der Waals surface area contributed by atoms with Gasteiger partial charge in [-0.05, 0) is 6.07 Å². The highest BCUT2D eigenvalue weighted by atomic mass is 35.5. The van der Waals surface area contributed by atoms with Crippen LogP contribution in [0.3, 0.4) is 0 Å². The van der Waals surface area contributed by atoms with Gasteiger partial charge in [-0.15, -0.1) is 0 Å². The first-order chi connectivity index (χ1) is 9.76. The fraction of sp³-hybridized carbons (Fsp3) is 0.385. The largest absolute Gasteiger partial charge is 0.487 e. The maximum atomic E-state index is 8.86. The van der Waals surface area contributed by atoms with Gasteiger partial charge in [-0.25, -0.2) is 9.97 Å². The molecule has 108 valence electrons. The lowest BCUT2D eigenvalue weighted by Crippen LogP contribution is -2.08. The maximum Gasteiger partial charge on any atom is 0.163 e. The number of nitrogens with zero attached hydrogens (tertiary/aromatic N) is 2. The molecule has 20 heavy (non-hydrogen) atoms. The Bertz CT molecular complexity index is 580. The number of benzene rings is 1. The molecule has 0 aliphatic rings. The van der Waals surface area contributed by atoms with Gasteiger partial charge in [-0.2, -0.15) is 0 Å². The third kappa shape index (κ3) is 3.47. The molecule has 7 heteroatoms. The molecule has 1 aromatic heterocycles. The van der Waals surface area contributed by atoms with Crippen molar-refractivity contribution < 1.29 is 19.3 Å². The van der Waals surface area contributed by atoms with Gasteiger partial charge >= 0.3 is 0 Å². The zero-order valence-corrected chi connectivity index (χ0v) is 11.8. The van der Waals surface area contributed by atoms with Crippen LogP contribution < -0.4 is 9.47 Å². The molecule has 0 saturated carbocycles. The Morgan fingerprint density at radius 3 is 2.60 bits per heavy atom. The van der Waals surface area contributed by atoms with E-state index in [0.717, 1.165) is 0 Å². The van der Waals surface area contributed by atoms with Crippen molar-refractivity contribution in [1.29, 1.82) is 0 Å². The number of methoxy groups -OCH3 is 1. The van der Waals surface area contributed by atoms with E-state index in [1.165, 1.54) is 6.33 Å². The van der Waals surface area contributed by atoms with Gasteiger partial charge in [-0.1, -0.05) is 11.6 Å². The molecule has 0 aliphatic heterocycles. The molecule has 0 aliphatic carbocycles. The zero-order chi connectivity index (χ0) is 14.4. The average molecular weight is 299 g/mol. The summed E-state index contributed by atoms with van der Waals surface area (Å²) in [5, 5.41) is 9.88. The predicted octanol–water partition coefficient (Wildman–Crippen LogP) is 1.68. The summed E-state index contributed by atoms with van der Waals surface area (Å²) < 4.78 is 16.0. The van der Waals surface area contributed by atoms with E-state index in [-0.39, 0.29) is 13.2 Å². The molecule has 2 rings (SSSR count). The minimum absolute atomic E-state index is 0.0833. The highest BCUT2D eigenvalue weighted by Crippen LogP contribution is 2.33. The number of hydrogen-bond acceptors (Lipinski definition) is 6. The van der Waals surface area contributed by atoms with Gasteiger partial charge in [0.15, 0.2) is 11.5 Å². The molecule has 0 fully saturated rings. The molecular formula is C13H15ClN2O4. The fourth-order valence-electron chi connectivity index (χ4n) is 1.65. The zero-order valence-electron chi connectivity index (χ0n) is 11.0. The van der Waals surface area contributed by atoms with Gasteiger partial charge in [0.1, 0.15) is 24.7 Å². The Morgan fingerprint density at radius 1 is 1.10 bits per heavy atom. The Balaban J connectivity index is 2.35. The van der Waals surface area contributed by atoms with Crippen LogP contribution >= 0.6 is 11.6 Å². The standard InChI is InChI=1S/C13H15ClN2O4/c1-18-4-5-20-11-6-9-10(15-8-16-13(9)14)7-12(11)19-3-2-17/h6-8,17H,2-5H2,1H3. The smallest absolute Gasteiger partial charge is 0.163 e. The summed E-state index contributed by atoms with van der Waals surface area (Å²) >= 11 is 6.03. The van der Waals surface area contributed by atoms with Crippen LogP contribution in [0.5, 0.6) is 11.5 Å². The third-order valence-corrected chi connectivity index (χ3v) is 2.85. The number of aromatic nitrogens is 2. The van der Waals surface area contributed by atoms with E-state index in [1.54, 1.807) is 19.2 Å². The molecule has 2 aromatic rings. The van der Waals surface area contributed by atoms with Crippen LogP contribution in [0.1, 0.15) is 0 Å². The van der Waals surface area contributed by atoms with Gasteiger partial charge in [0, 0.05) is 18.6 Å². The Morgan fingerprint density at radius 2 is 1.85 bits per heavy atom. The van der Waals surface area contributed by atoms with E-state index in [1.807, 2.05) is 0 Å². The van der Waals surface area contributed by atoms with Gasteiger partial charge in [-0.3, -0.25) is 0 Å². The van der Waals surface area contributed by atoms with Gasteiger partial charge in [0.05, 0.1) is 18.7 Å². The second kappa shape index (κ2) is 7.23. The highest BCUT2D eigenvalue weighted by molar-refractivity contribution is 6.34. The van der Waals surface area contributed by atoms with Gasteiger partial charge in [0.2, 0.25) is 0 Å². The van der Waals surface area contributed by atoms with E-state index in [0.29, 0.717) is 40.8 Å². The molecule has 0 spiro atoms. The summed E-state index contributed by atoms with van der Waals surface area (Å²) in [6.45, 7) is 0.921. The summed E-state index contributed by atoms with van der Waals surface area (Å²) in [6, 6.07) is 3.43. The Kier molecular flexibility index (Phi) is 5.34. The fourth-order valence-corrected chi connectivity index (χ4v) is 1.84. The first-order valence-electron chi connectivity index (χ1n) is 6.06. The predicted molar refractivity (Wildman–Crippen MR) is 74.5 cm³/mol. The first-order valence-corrected chi connectivity index (χ1v) is 6.43. The summed E-state index contributed by atoms with van der Waals surface area (Å²) in [5.41, 5.74) is 0.650. The van der Waals surface area contributed by atoms with Crippen molar-refractivity contribution in [3.63, 3.8) is 0 Å². The first kappa shape index (κ1) is 14.8. The Labute approximate surface area is 121 Å². The Hall–Kier alpha value is -1.63. The summed E-state index contributed by atoms with van der Waals surface area (Å²) in [7, 11) is 1.59.